The first-order valence-electron chi connectivity index (χ1n) is 9.19. The van der Waals surface area contributed by atoms with Crippen LogP contribution in [0.3, 0.4) is 0 Å². The Labute approximate surface area is 165 Å². The van der Waals surface area contributed by atoms with Gasteiger partial charge in [-0.2, -0.15) is 0 Å². The standard InChI is InChI=1S/C20H28N2O6/c1-20(2,3)28-19(25)21-14-8-10-22(11-9-14)16-12-13(17(23)26-4)6-7-15(16)18(24)27-5/h6-7,12,14H,8-11H2,1-5H3,(H,21,25). The fourth-order valence-electron chi connectivity index (χ4n) is 3.06. The van der Waals surface area contributed by atoms with Crippen molar-refractivity contribution in [1.29, 1.82) is 0 Å². The number of ether oxygens (including phenoxy) is 3. The number of nitrogens with zero attached hydrogens (tertiary/aromatic N) is 1. The third-order valence-electron chi connectivity index (χ3n) is 4.38. The molecule has 0 saturated carbocycles. The number of carbonyl (C=O) groups excluding carboxylic acids is 3. The molecular formula is C20H28N2O6. The van der Waals surface area contributed by atoms with Crippen LogP contribution in [0, 0.1) is 0 Å². The highest BCUT2D eigenvalue weighted by Gasteiger charge is 2.26. The monoisotopic (exact) mass is 392 g/mol. The van der Waals surface area contributed by atoms with E-state index in [1.54, 1.807) is 18.2 Å². The van der Waals surface area contributed by atoms with E-state index in [4.69, 9.17) is 14.2 Å². The molecule has 2 rings (SSSR count). The van der Waals surface area contributed by atoms with Gasteiger partial charge >= 0.3 is 18.0 Å². The van der Waals surface area contributed by atoms with Gasteiger partial charge in [0, 0.05) is 19.1 Å². The number of hydrogen-bond acceptors (Lipinski definition) is 7. The number of nitrogens with one attached hydrogen (secondary N) is 1. The lowest BCUT2D eigenvalue weighted by molar-refractivity contribution is 0.0495. The molecule has 8 nitrogen and oxygen atoms in total. The first-order chi connectivity index (χ1) is 13.1. The van der Waals surface area contributed by atoms with Crippen molar-refractivity contribution in [3.8, 4) is 0 Å². The fourth-order valence-corrected chi connectivity index (χ4v) is 3.06. The molecule has 1 aromatic carbocycles. The zero-order chi connectivity index (χ0) is 20.9. The number of benzene rings is 1. The number of rotatable bonds is 4. The third kappa shape index (κ3) is 5.61. The first kappa shape index (κ1) is 21.5. The molecule has 0 atom stereocenters. The summed E-state index contributed by atoms with van der Waals surface area (Å²) in [6.45, 7) is 6.66. The Morgan fingerprint density at radius 1 is 1.04 bits per heavy atom. The van der Waals surface area contributed by atoms with E-state index in [9.17, 15) is 14.4 Å². The molecule has 1 aliphatic rings. The molecule has 1 amide bonds. The smallest absolute Gasteiger partial charge is 0.407 e. The van der Waals surface area contributed by atoms with Gasteiger partial charge < -0.3 is 24.4 Å². The lowest BCUT2D eigenvalue weighted by atomic mass is 10.0. The van der Waals surface area contributed by atoms with Crippen molar-refractivity contribution in [3.63, 3.8) is 0 Å². The quantitative estimate of drug-likeness (QED) is 0.622. The zero-order valence-corrected chi connectivity index (χ0v) is 17.0. The van der Waals surface area contributed by atoms with Gasteiger partial charge in [0.1, 0.15) is 5.60 Å². The molecule has 0 spiro atoms. The number of anilines is 1. The lowest BCUT2D eigenvalue weighted by Gasteiger charge is -2.35. The second kappa shape index (κ2) is 8.95. The van der Waals surface area contributed by atoms with Crippen LogP contribution in [-0.4, -0.2) is 57.0 Å². The minimum absolute atomic E-state index is 0.0172. The summed E-state index contributed by atoms with van der Waals surface area (Å²) in [5.74, 6) is -0.945. The Bertz CT molecular complexity index is 733. The van der Waals surface area contributed by atoms with Crippen molar-refractivity contribution < 1.29 is 28.6 Å². The van der Waals surface area contributed by atoms with Gasteiger partial charge in [0.2, 0.25) is 0 Å². The van der Waals surface area contributed by atoms with Gasteiger partial charge in [-0.3, -0.25) is 0 Å². The minimum Gasteiger partial charge on any atom is -0.465 e. The van der Waals surface area contributed by atoms with Crippen LogP contribution >= 0.6 is 0 Å². The van der Waals surface area contributed by atoms with Crippen molar-refractivity contribution in [2.75, 3.05) is 32.2 Å². The highest BCUT2D eigenvalue weighted by atomic mass is 16.6. The number of methoxy groups -OCH3 is 2. The molecular weight excluding hydrogens is 364 g/mol. The Balaban J connectivity index is 2.11. The summed E-state index contributed by atoms with van der Waals surface area (Å²) < 4.78 is 14.9. The van der Waals surface area contributed by atoms with E-state index in [2.05, 4.69) is 5.32 Å². The largest absolute Gasteiger partial charge is 0.465 e. The maximum atomic E-state index is 12.1. The van der Waals surface area contributed by atoms with Crippen LogP contribution in [0.25, 0.3) is 0 Å². The van der Waals surface area contributed by atoms with E-state index >= 15 is 0 Å². The number of amides is 1. The number of hydrogen-bond donors (Lipinski definition) is 1. The predicted molar refractivity (Wildman–Crippen MR) is 104 cm³/mol. The summed E-state index contributed by atoms with van der Waals surface area (Å²) in [5.41, 5.74) is 0.812. The minimum atomic E-state index is -0.547. The van der Waals surface area contributed by atoms with Gasteiger partial charge in [-0.05, 0) is 51.8 Å². The van der Waals surface area contributed by atoms with E-state index in [0.717, 1.165) is 0 Å². The van der Waals surface area contributed by atoms with Crippen LogP contribution in [0.4, 0.5) is 10.5 Å². The van der Waals surface area contributed by atoms with Crippen LogP contribution in [0.5, 0.6) is 0 Å². The molecule has 0 unspecified atom stereocenters. The fraction of sp³-hybridized carbons (Fsp3) is 0.550. The molecule has 0 radical (unpaired) electrons. The van der Waals surface area contributed by atoms with Gasteiger partial charge in [0.15, 0.2) is 0 Å². The maximum absolute atomic E-state index is 12.1. The second-order valence-electron chi connectivity index (χ2n) is 7.62. The number of carbonyl (C=O) groups is 3. The maximum Gasteiger partial charge on any atom is 0.407 e. The summed E-state index contributed by atoms with van der Waals surface area (Å²) in [6, 6.07) is 4.73. The van der Waals surface area contributed by atoms with Crippen molar-refractivity contribution in [3.05, 3.63) is 29.3 Å². The van der Waals surface area contributed by atoms with Gasteiger partial charge in [0.05, 0.1) is 31.0 Å². The molecule has 1 saturated heterocycles. The van der Waals surface area contributed by atoms with Crippen molar-refractivity contribution >= 4 is 23.7 Å². The molecule has 8 heteroatoms. The molecule has 1 aliphatic heterocycles. The van der Waals surface area contributed by atoms with E-state index < -0.39 is 23.6 Å². The van der Waals surface area contributed by atoms with Gasteiger partial charge in [0.25, 0.3) is 0 Å². The average molecular weight is 392 g/mol. The Morgan fingerprint density at radius 2 is 1.64 bits per heavy atom. The summed E-state index contributed by atoms with van der Waals surface area (Å²) >= 11 is 0. The molecule has 0 bridgehead atoms. The molecule has 0 aromatic heterocycles. The molecule has 1 N–H and O–H groups in total. The summed E-state index contributed by atoms with van der Waals surface area (Å²) in [7, 11) is 2.63. The normalized spacial score (nSPS) is 15.0. The summed E-state index contributed by atoms with van der Waals surface area (Å²) in [4.78, 5) is 38.0. The van der Waals surface area contributed by atoms with Crippen molar-refractivity contribution in [1.82, 2.24) is 5.32 Å². The van der Waals surface area contributed by atoms with Crippen molar-refractivity contribution in [2.24, 2.45) is 0 Å². The van der Waals surface area contributed by atoms with E-state index in [0.29, 0.717) is 42.7 Å². The number of alkyl carbamates (subject to hydrolysis) is 1. The van der Waals surface area contributed by atoms with E-state index in [1.807, 2.05) is 25.7 Å². The topological polar surface area (TPSA) is 94.2 Å². The first-order valence-corrected chi connectivity index (χ1v) is 9.19. The molecule has 1 heterocycles. The van der Waals surface area contributed by atoms with Crippen LogP contribution in [0.2, 0.25) is 0 Å². The van der Waals surface area contributed by atoms with Crippen LogP contribution < -0.4 is 10.2 Å². The summed E-state index contributed by atoms with van der Waals surface area (Å²) in [5, 5.41) is 2.88. The molecule has 1 aromatic rings. The Hall–Kier alpha value is -2.77. The van der Waals surface area contributed by atoms with Gasteiger partial charge in [-0.25, -0.2) is 14.4 Å². The number of esters is 2. The Kier molecular flexibility index (Phi) is 6.88. The van der Waals surface area contributed by atoms with Gasteiger partial charge in [-0.1, -0.05) is 0 Å². The molecule has 28 heavy (non-hydrogen) atoms. The van der Waals surface area contributed by atoms with Crippen LogP contribution in [0.15, 0.2) is 18.2 Å². The highest BCUT2D eigenvalue weighted by molar-refractivity contribution is 5.99. The SMILES string of the molecule is COC(=O)c1ccc(C(=O)OC)c(N2CCC(NC(=O)OC(C)(C)C)CC2)c1. The van der Waals surface area contributed by atoms with Crippen LogP contribution in [-0.2, 0) is 14.2 Å². The Morgan fingerprint density at radius 3 is 2.18 bits per heavy atom. The number of piperidine rings is 1. The molecule has 1 fully saturated rings. The van der Waals surface area contributed by atoms with Crippen molar-refractivity contribution in [2.45, 2.75) is 45.3 Å². The predicted octanol–water partition coefficient (Wildman–Crippen LogP) is 2.75. The zero-order valence-electron chi connectivity index (χ0n) is 17.0. The third-order valence-corrected chi connectivity index (χ3v) is 4.38. The van der Waals surface area contributed by atoms with E-state index in [-0.39, 0.29) is 6.04 Å². The summed E-state index contributed by atoms with van der Waals surface area (Å²) in [6.07, 6.45) is 0.929. The molecule has 0 aliphatic carbocycles. The second-order valence-corrected chi connectivity index (χ2v) is 7.62. The van der Waals surface area contributed by atoms with Crippen LogP contribution in [0.1, 0.15) is 54.3 Å². The van der Waals surface area contributed by atoms with E-state index in [1.165, 1.54) is 14.2 Å². The van der Waals surface area contributed by atoms with Gasteiger partial charge in [-0.15, -0.1) is 0 Å². The average Bonchev–Trinajstić information content (AvgIpc) is 2.65. The lowest BCUT2D eigenvalue weighted by Crippen LogP contribution is -2.46. The highest BCUT2D eigenvalue weighted by Crippen LogP contribution is 2.27. The molecule has 154 valence electrons.